The number of carbonyl (C=O) groups excluding carboxylic acids is 2. The molecular weight excluding hydrogens is 347 g/mol. The molecule has 2 aliphatic heterocycles. The smallest absolute Gasteiger partial charge is 0.237 e. The molecule has 2 amide bonds. The highest BCUT2D eigenvalue weighted by Crippen LogP contribution is 2.26. The number of anilines is 1. The lowest BCUT2D eigenvalue weighted by atomic mass is 9.89. The fourth-order valence-corrected chi connectivity index (χ4v) is 3.75. The molecular formula is C20H29FN4O2. The molecule has 148 valence electrons. The van der Waals surface area contributed by atoms with Crippen molar-refractivity contribution in [2.75, 3.05) is 64.3 Å². The molecule has 0 spiro atoms. The third-order valence-electron chi connectivity index (χ3n) is 5.62. The van der Waals surface area contributed by atoms with Gasteiger partial charge in [0.2, 0.25) is 11.8 Å². The van der Waals surface area contributed by atoms with E-state index in [1.54, 1.807) is 35.8 Å². The summed E-state index contributed by atoms with van der Waals surface area (Å²) in [5.41, 5.74) is -0.506. The highest BCUT2D eigenvalue weighted by molar-refractivity contribution is 6.04. The van der Waals surface area contributed by atoms with Gasteiger partial charge in [-0.3, -0.25) is 9.59 Å². The van der Waals surface area contributed by atoms with Gasteiger partial charge in [0.25, 0.3) is 0 Å². The third-order valence-corrected chi connectivity index (χ3v) is 5.62. The second-order valence-electron chi connectivity index (χ2n) is 7.95. The molecule has 0 aromatic heterocycles. The van der Waals surface area contributed by atoms with Gasteiger partial charge in [-0.05, 0) is 33.0 Å². The molecule has 27 heavy (non-hydrogen) atoms. The molecule has 0 saturated carbocycles. The summed E-state index contributed by atoms with van der Waals surface area (Å²) < 4.78 is 14.0. The van der Waals surface area contributed by atoms with Crippen molar-refractivity contribution < 1.29 is 14.0 Å². The van der Waals surface area contributed by atoms with Gasteiger partial charge in [0.15, 0.2) is 0 Å². The van der Waals surface area contributed by atoms with Gasteiger partial charge >= 0.3 is 0 Å². The van der Waals surface area contributed by atoms with E-state index in [1.165, 1.54) is 6.07 Å². The van der Waals surface area contributed by atoms with E-state index >= 15 is 0 Å². The normalized spacial score (nSPS) is 19.3. The van der Waals surface area contributed by atoms with Crippen molar-refractivity contribution in [2.24, 2.45) is 5.41 Å². The minimum atomic E-state index is -1.07. The van der Waals surface area contributed by atoms with Crippen molar-refractivity contribution in [1.29, 1.82) is 0 Å². The Hall–Kier alpha value is -2.15. The predicted octanol–water partition coefficient (Wildman–Crippen LogP) is 1.27. The summed E-state index contributed by atoms with van der Waals surface area (Å²) in [6.07, 6.45) is 0. The van der Waals surface area contributed by atoms with Crippen molar-refractivity contribution in [3.05, 3.63) is 30.1 Å². The van der Waals surface area contributed by atoms with E-state index in [1.807, 2.05) is 18.0 Å². The van der Waals surface area contributed by atoms with Crippen LogP contribution < -0.4 is 4.90 Å². The van der Waals surface area contributed by atoms with Crippen LogP contribution in [0, 0.1) is 11.2 Å². The average Bonchev–Trinajstić information content (AvgIpc) is 2.68. The van der Waals surface area contributed by atoms with E-state index in [9.17, 15) is 14.0 Å². The van der Waals surface area contributed by atoms with Crippen LogP contribution >= 0.6 is 0 Å². The molecule has 0 bridgehead atoms. The van der Waals surface area contributed by atoms with Gasteiger partial charge in [0.1, 0.15) is 11.2 Å². The molecule has 2 heterocycles. The number of hydrogen-bond donors (Lipinski definition) is 0. The number of amides is 2. The first kappa shape index (κ1) is 19.6. The maximum atomic E-state index is 14.0. The topological polar surface area (TPSA) is 47.1 Å². The number of rotatable bonds is 3. The molecule has 0 unspecified atom stereocenters. The molecule has 0 radical (unpaired) electrons. The fourth-order valence-electron chi connectivity index (χ4n) is 3.75. The number of carbonyl (C=O) groups is 2. The summed E-state index contributed by atoms with van der Waals surface area (Å²) in [7, 11) is 2.03. The summed E-state index contributed by atoms with van der Waals surface area (Å²) in [4.78, 5) is 33.7. The maximum Gasteiger partial charge on any atom is 0.237 e. The molecule has 7 heteroatoms. The number of para-hydroxylation sites is 1. The number of piperazine rings is 2. The van der Waals surface area contributed by atoms with Gasteiger partial charge < -0.3 is 19.6 Å². The van der Waals surface area contributed by atoms with Crippen LogP contribution in [0.2, 0.25) is 0 Å². The molecule has 0 aliphatic carbocycles. The van der Waals surface area contributed by atoms with E-state index in [2.05, 4.69) is 4.90 Å². The van der Waals surface area contributed by atoms with E-state index in [0.717, 1.165) is 13.1 Å². The van der Waals surface area contributed by atoms with Gasteiger partial charge in [-0.25, -0.2) is 4.39 Å². The number of hydrogen-bond acceptors (Lipinski definition) is 4. The largest absolute Gasteiger partial charge is 0.366 e. The number of nitrogens with zero attached hydrogens (tertiary/aromatic N) is 4. The zero-order valence-electron chi connectivity index (χ0n) is 16.4. The van der Waals surface area contributed by atoms with Gasteiger partial charge in [0, 0.05) is 52.4 Å². The van der Waals surface area contributed by atoms with Crippen molar-refractivity contribution in [3.63, 3.8) is 0 Å². The Morgan fingerprint density at radius 2 is 1.33 bits per heavy atom. The van der Waals surface area contributed by atoms with E-state index < -0.39 is 5.41 Å². The fraction of sp³-hybridized carbons (Fsp3) is 0.600. The highest BCUT2D eigenvalue weighted by atomic mass is 19.1. The van der Waals surface area contributed by atoms with Crippen LogP contribution in [0.3, 0.4) is 0 Å². The predicted molar refractivity (Wildman–Crippen MR) is 103 cm³/mol. The van der Waals surface area contributed by atoms with Crippen LogP contribution in [-0.2, 0) is 9.59 Å². The van der Waals surface area contributed by atoms with E-state index in [4.69, 9.17) is 0 Å². The van der Waals surface area contributed by atoms with Crippen molar-refractivity contribution in [1.82, 2.24) is 14.7 Å². The number of likely N-dealkylation sites (N-methyl/N-ethyl adjacent to an activating group) is 1. The lowest BCUT2D eigenvalue weighted by molar-refractivity contribution is -0.155. The molecule has 2 fully saturated rings. The Balaban J connectivity index is 1.61. The zero-order valence-corrected chi connectivity index (χ0v) is 16.4. The molecule has 0 N–H and O–H groups in total. The molecule has 0 atom stereocenters. The van der Waals surface area contributed by atoms with E-state index in [0.29, 0.717) is 45.0 Å². The van der Waals surface area contributed by atoms with Crippen molar-refractivity contribution >= 4 is 17.5 Å². The summed E-state index contributed by atoms with van der Waals surface area (Å²) in [5.74, 6) is -0.486. The van der Waals surface area contributed by atoms with Gasteiger partial charge in [-0.2, -0.15) is 0 Å². The summed E-state index contributed by atoms with van der Waals surface area (Å²) in [6, 6.07) is 6.69. The van der Waals surface area contributed by atoms with Crippen LogP contribution in [0.4, 0.5) is 10.1 Å². The lowest BCUT2D eigenvalue weighted by Gasteiger charge is -2.41. The Bertz CT molecular complexity index is 693. The standard InChI is InChI=1S/C20H29FN4O2/c1-20(2,18(26)24-10-8-22(3)9-11-24)19(27)25-14-12-23(13-15-25)17-7-5-4-6-16(17)21/h4-7H,8-15H2,1-3H3. The second kappa shape index (κ2) is 7.84. The molecule has 1 aromatic carbocycles. The summed E-state index contributed by atoms with van der Waals surface area (Å²) in [5, 5.41) is 0. The molecule has 2 aliphatic rings. The van der Waals surface area contributed by atoms with Gasteiger partial charge in [0.05, 0.1) is 5.69 Å². The zero-order chi connectivity index (χ0) is 19.6. The lowest BCUT2D eigenvalue weighted by Crippen LogP contribution is -2.58. The van der Waals surface area contributed by atoms with Crippen molar-refractivity contribution in [3.8, 4) is 0 Å². The van der Waals surface area contributed by atoms with Crippen LogP contribution in [0.25, 0.3) is 0 Å². The van der Waals surface area contributed by atoms with Gasteiger partial charge in [-0.15, -0.1) is 0 Å². The molecule has 3 rings (SSSR count). The highest BCUT2D eigenvalue weighted by Gasteiger charge is 2.42. The molecule has 2 saturated heterocycles. The Labute approximate surface area is 160 Å². The SMILES string of the molecule is CN1CCN(C(=O)C(C)(C)C(=O)N2CCN(c3ccccc3F)CC2)CC1. The minimum Gasteiger partial charge on any atom is -0.366 e. The second-order valence-corrected chi connectivity index (χ2v) is 7.95. The van der Waals surface area contributed by atoms with Gasteiger partial charge in [-0.1, -0.05) is 12.1 Å². The van der Waals surface area contributed by atoms with Crippen LogP contribution in [0.5, 0.6) is 0 Å². The monoisotopic (exact) mass is 376 g/mol. The third kappa shape index (κ3) is 4.08. The van der Waals surface area contributed by atoms with Crippen LogP contribution in [0.1, 0.15) is 13.8 Å². The van der Waals surface area contributed by atoms with Crippen LogP contribution in [-0.4, -0.2) is 85.9 Å². The van der Waals surface area contributed by atoms with E-state index in [-0.39, 0.29) is 17.6 Å². The minimum absolute atomic E-state index is 0.0999. The Morgan fingerprint density at radius 1 is 0.852 bits per heavy atom. The quantitative estimate of drug-likeness (QED) is 0.746. The first-order valence-electron chi connectivity index (χ1n) is 9.57. The molecule has 1 aromatic rings. The average molecular weight is 376 g/mol. The maximum absolute atomic E-state index is 14.0. The Kier molecular flexibility index (Phi) is 5.69. The summed E-state index contributed by atoms with van der Waals surface area (Å²) >= 11 is 0. The Morgan fingerprint density at radius 3 is 1.85 bits per heavy atom. The number of halogens is 1. The first-order chi connectivity index (χ1) is 12.8. The first-order valence-corrected chi connectivity index (χ1v) is 9.57. The summed E-state index contributed by atoms with van der Waals surface area (Å²) in [6.45, 7) is 8.53. The van der Waals surface area contributed by atoms with Crippen molar-refractivity contribution in [2.45, 2.75) is 13.8 Å². The molecule has 6 nitrogen and oxygen atoms in total. The van der Waals surface area contributed by atoms with Crippen LogP contribution in [0.15, 0.2) is 24.3 Å². The number of benzene rings is 1.